The molecule has 7 nitrogen and oxygen atoms in total. The van der Waals surface area contributed by atoms with E-state index in [1.165, 1.54) is 0 Å². The highest BCUT2D eigenvalue weighted by Gasteiger charge is 2.34. The van der Waals surface area contributed by atoms with Crippen molar-refractivity contribution in [2.24, 2.45) is 0 Å². The van der Waals surface area contributed by atoms with Crippen molar-refractivity contribution in [2.75, 3.05) is 0 Å². The highest BCUT2D eigenvalue weighted by Crippen LogP contribution is 2.35. The molecule has 0 aliphatic heterocycles. The van der Waals surface area contributed by atoms with Gasteiger partial charge in [-0.1, -0.05) is 0 Å². The summed E-state index contributed by atoms with van der Waals surface area (Å²) in [6, 6.07) is 1.13. The summed E-state index contributed by atoms with van der Waals surface area (Å²) < 4.78 is 0. The lowest BCUT2D eigenvalue weighted by Crippen LogP contribution is -2.18. The molecule has 1 aliphatic carbocycles. The van der Waals surface area contributed by atoms with E-state index in [0.717, 1.165) is 6.07 Å². The van der Waals surface area contributed by atoms with Gasteiger partial charge in [0.2, 0.25) is 0 Å². The summed E-state index contributed by atoms with van der Waals surface area (Å²) in [5, 5.41) is 36.6. The highest BCUT2D eigenvalue weighted by atomic mass is 16.4. The number of fused-ring (bicyclic) bond motifs is 2. The molecular formula is C12H10O7. The standard InChI is InChI=1S/C12H10O7/c13-9(12(18)19)8-5-2-1-4(7(5)11(16)17)3-6(8)10(14)15/h3,9,13H,1-2H2,(H,14,15)(H,16,17)(H,18,19). The second kappa shape index (κ2) is 4.36. The fourth-order valence-electron chi connectivity index (χ4n) is 2.41. The molecule has 2 rings (SSSR count). The summed E-state index contributed by atoms with van der Waals surface area (Å²) in [5.41, 5.74) is -0.347. The van der Waals surface area contributed by atoms with Gasteiger partial charge in [-0.15, -0.1) is 0 Å². The largest absolute Gasteiger partial charge is 0.479 e. The number of carboxylic acids is 3. The lowest BCUT2D eigenvalue weighted by molar-refractivity contribution is -0.147. The minimum absolute atomic E-state index is 0.0947. The maximum Gasteiger partial charge on any atom is 0.337 e. The van der Waals surface area contributed by atoms with Crippen molar-refractivity contribution in [3.8, 4) is 0 Å². The van der Waals surface area contributed by atoms with E-state index in [9.17, 15) is 19.5 Å². The van der Waals surface area contributed by atoms with Gasteiger partial charge in [-0.3, -0.25) is 0 Å². The number of carboxylic acid groups (broad SMARTS) is 3. The van der Waals surface area contributed by atoms with Crippen LogP contribution < -0.4 is 0 Å². The summed E-state index contributed by atoms with van der Waals surface area (Å²) in [6.07, 6.45) is -1.51. The normalized spacial score (nSPS) is 14.2. The van der Waals surface area contributed by atoms with Crippen molar-refractivity contribution in [1.82, 2.24) is 0 Å². The smallest absolute Gasteiger partial charge is 0.337 e. The van der Waals surface area contributed by atoms with Crippen molar-refractivity contribution in [3.05, 3.63) is 33.9 Å². The molecule has 0 spiro atoms. The molecule has 0 saturated heterocycles. The number of hydrogen-bond acceptors (Lipinski definition) is 4. The zero-order valence-corrected chi connectivity index (χ0v) is 9.58. The molecule has 19 heavy (non-hydrogen) atoms. The number of carbonyl (C=O) groups is 3. The van der Waals surface area contributed by atoms with Crippen LogP contribution in [0.2, 0.25) is 0 Å². The van der Waals surface area contributed by atoms with Gasteiger partial charge in [0.15, 0.2) is 6.10 Å². The molecule has 2 bridgehead atoms. The Morgan fingerprint density at radius 1 is 1.05 bits per heavy atom. The molecule has 0 radical (unpaired) electrons. The molecule has 1 aliphatic rings. The lowest BCUT2D eigenvalue weighted by atomic mass is 9.93. The van der Waals surface area contributed by atoms with Crippen molar-refractivity contribution in [2.45, 2.75) is 18.9 Å². The molecule has 100 valence electrons. The third-order valence-electron chi connectivity index (χ3n) is 3.15. The van der Waals surface area contributed by atoms with Crippen molar-refractivity contribution >= 4 is 17.9 Å². The van der Waals surface area contributed by atoms with Crippen LogP contribution in [-0.4, -0.2) is 38.3 Å². The van der Waals surface area contributed by atoms with Crippen LogP contribution in [0.25, 0.3) is 0 Å². The Kier molecular flexibility index (Phi) is 2.99. The second-order valence-corrected chi connectivity index (χ2v) is 4.20. The summed E-state index contributed by atoms with van der Waals surface area (Å²) in [5.74, 6) is -4.26. The first kappa shape index (κ1) is 13.0. The number of aliphatic hydroxyl groups is 1. The first-order valence-electron chi connectivity index (χ1n) is 5.40. The van der Waals surface area contributed by atoms with E-state index >= 15 is 0 Å². The fourth-order valence-corrected chi connectivity index (χ4v) is 2.41. The van der Waals surface area contributed by atoms with E-state index in [0.29, 0.717) is 12.0 Å². The molecule has 1 aromatic carbocycles. The molecule has 4 N–H and O–H groups in total. The summed E-state index contributed by atoms with van der Waals surface area (Å²) in [7, 11) is 0. The van der Waals surface area contributed by atoms with Gasteiger partial charge in [-0.2, -0.15) is 0 Å². The third kappa shape index (κ3) is 1.93. The maximum atomic E-state index is 11.1. The number of hydrogen-bond donors (Lipinski definition) is 4. The number of aromatic carboxylic acids is 2. The predicted octanol–water partition coefficient (Wildman–Crippen LogP) is 0.300. The van der Waals surface area contributed by atoms with E-state index in [4.69, 9.17) is 15.3 Å². The molecule has 0 amide bonds. The average Bonchev–Trinajstić information content (AvgIpc) is 2.63. The summed E-state index contributed by atoms with van der Waals surface area (Å²) in [4.78, 5) is 33.1. The SMILES string of the molecule is O=C(O)c1cc2c(C(=O)O)c(c1C(O)C(=O)O)CC2. The predicted molar refractivity (Wildman–Crippen MR) is 60.4 cm³/mol. The van der Waals surface area contributed by atoms with Crippen LogP contribution >= 0.6 is 0 Å². The van der Waals surface area contributed by atoms with Gasteiger partial charge in [0.1, 0.15) is 0 Å². The molecule has 0 heterocycles. The number of aryl methyl sites for hydroxylation is 1. The second-order valence-electron chi connectivity index (χ2n) is 4.20. The Morgan fingerprint density at radius 2 is 1.68 bits per heavy atom. The van der Waals surface area contributed by atoms with Gasteiger partial charge in [0, 0.05) is 5.56 Å². The minimum atomic E-state index is -2.05. The van der Waals surface area contributed by atoms with E-state index in [2.05, 4.69) is 0 Å². The molecule has 0 aromatic heterocycles. The van der Waals surface area contributed by atoms with Crippen LogP contribution in [0.3, 0.4) is 0 Å². The van der Waals surface area contributed by atoms with Gasteiger partial charge >= 0.3 is 17.9 Å². The van der Waals surface area contributed by atoms with E-state index in [1.807, 2.05) is 0 Å². The average molecular weight is 266 g/mol. The zero-order chi connectivity index (χ0) is 14.3. The van der Waals surface area contributed by atoms with Crippen molar-refractivity contribution < 1.29 is 34.8 Å². The summed E-state index contributed by atoms with van der Waals surface area (Å²) >= 11 is 0. The van der Waals surface area contributed by atoms with Crippen LogP contribution in [0.4, 0.5) is 0 Å². The van der Waals surface area contributed by atoms with Crippen molar-refractivity contribution in [3.63, 3.8) is 0 Å². The van der Waals surface area contributed by atoms with E-state index < -0.39 is 24.0 Å². The van der Waals surface area contributed by atoms with Gasteiger partial charge in [0.25, 0.3) is 0 Å². The van der Waals surface area contributed by atoms with Crippen LogP contribution in [0.15, 0.2) is 6.07 Å². The van der Waals surface area contributed by atoms with Gasteiger partial charge < -0.3 is 20.4 Å². The van der Waals surface area contributed by atoms with Crippen LogP contribution in [0.1, 0.15) is 43.5 Å². The minimum Gasteiger partial charge on any atom is -0.479 e. The van der Waals surface area contributed by atoms with Crippen LogP contribution in [0.5, 0.6) is 0 Å². The van der Waals surface area contributed by atoms with Crippen molar-refractivity contribution in [1.29, 1.82) is 0 Å². The topological polar surface area (TPSA) is 132 Å². The van der Waals surface area contributed by atoms with E-state index in [1.54, 1.807) is 0 Å². The number of aliphatic carboxylic acids is 1. The van der Waals surface area contributed by atoms with Gasteiger partial charge in [0.05, 0.1) is 11.1 Å². The van der Waals surface area contributed by atoms with Crippen LogP contribution in [0, 0.1) is 0 Å². The molecular weight excluding hydrogens is 256 g/mol. The molecule has 7 heteroatoms. The Labute approximate surface area is 106 Å². The molecule has 1 atom stereocenters. The van der Waals surface area contributed by atoms with Gasteiger partial charge in [-0.25, -0.2) is 14.4 Å². The molecule has 1 unspecified atom stereocenters. The summed E-state index contributed by atoms with van der Waals surface area (Å²) in [6.45, 7) is 0. The number of benzene rings is 1. The Morgan fingerprint density at radius 3 is 2.16 bits per heavy atom. The maximum absolute atomic E-state index is 11.1. The first-order valence-corrected chi connectivity index (χ1v) is 5.40. The Hall–Kier alpha value is -2.41. The molecule has 1 aromatic rings. The monoisotopic (exact) mass is 266 g/mol. The van der Waals surface area contributed by atoms with Gasteiger partial charge in [-0.05, 0) is 30.0 Å². The van der Waals surface area contributed by atoms with E-state index in [-0.39, 0.29) is 28.7 Å². The zero-order valence-electron chi connectivity index (χ0n) is 9.58. The Balaban J connectivity index is 2.77. The Bertz CT molecular complexity index is 603. The first-order chi connectivity index (χ1) is 8.84. The quantitative estimate of drug-likeness (QED) is 0.616. The van der Waals surface area contributed by atoms with Crippen LogP contribution in [-0.2, 0) is 17.6 Å². The number of aliphatic hydroxyl groups excluding tert-OH is 1. The fraction of sp³-hybridized carbons (Fsp3) is 0.250. The number of rotatable bonds is 4. The lowest BCUT2D eigenvalue weighted by Gasteiger charge is -2.14. The molecule has 0 saturated carbocycles. The third-order valence-corrected chi connectivity index (χ3v) is 3.15. The molecule has 0 fully saturated rings. The highest BCUT2D eigenvalue weighted by molar-refractivity contribution is 5.99.